The number of hydrogen-bond donors (Lipinski definition) is 1. The van der Waals surface area contributed by atoms with Gasteiger partial charge in [-0.1, -0.05) is 6.07 Å². The van der Waals surface area contributed by atoms with Crippen molar-refractivity contribution in [2.45, 2.75) is 13.5 Å². The van der Waals surface area contributed by atoms with Crippen LogP contribution in [-0.4, -0.2) is 48.8 Å². The average Bonchev–Trinajstić information content (AvgIpc) is 2.47. The molecule has 0 atom stereocenters. The van der Waals surface area contributed by atoms with Gasteiger partial charge >= 0.3 is 0 Å². The van der Waals surface area contributed by atoms with Crippen LogP contribution in [0.2, 0.25) is 0 Å². The van der Waals surface area contributed by atoms with E-state index >= 15 is 0 Å². The van der Waals surface area contributed by atoms with Gasteiger partial charge < -0.3 is 20.1 Å². The quantitative estimate of drug-likeness (QED) is 0.638. The predicted octanol–water partition coefficient (Wildman–Crippen LogP) is 0.627. The van der Waals surface area contributed by atoms with Crippen LogP contribution in [0.4, 0.5) is 0 Å². The number of aromatic nitrogens is 1. The molecule has 1 aromatic rings. The van der Waals surface area contributed by atoms with Crippen LogP contribution in [-0.2, 0) is 11.3 Å². The largest absolute Gasteiger partial charge is 0.478 e. The maximum Gasteiger partial charge on any atom is 0.218 e. The Hall–Kier alpha value is -1.82. The molecule has 0 spiro atoms. The summed E-state index contributed by atoms with van der Waals surface area (Å²) in [5, 5.41) is 0. The van der Waals surface area contributed by atoms with E-state index in [1.54, 1.807) is 6.20 Å². The highest BCUT2D eigenvalue weighted by Gasteiger charge is 2.12. The Morgan fingerprint density at radius 1 is 1.53 bits per heavy atom. The third kappa shape index (κ3) is 3.82. The molecule has 1 saturated heterocycles. The Bertz CT molecular complexity index is 430. The lowest BCUT2D eigenvalue weighted by molar-refractivity contribution is 0.0674. The van der Waals surface area contributed by atoms with E-state index < -0.39 is 0 Å². The van der Waals surface area contributed by atoms with Gasteiger partial charge in [-0.05, 0) is 13.0 Å². The van der Waals surface area contributed by atoms with E-state index in [-0.39, 0.29) is 0 Å². The number of morpholine rings is 1. The van der Waals surface area contributed by atoms with E-state index in [1.807, 2.05) is 24.0 Å². The van der Waals surface area contributed by atoms with Crippen LogP contribution >= 0.6 is 0 Å². The Morgan fingerprint density at radius 3 is 3.05 bits per heavy atom. The number of nitrogens with two attached hydrogens (primary N) is 1. The molecule has 0 amide bonds. The maximum absolute atomic E-state index is 5.98. The van der Waals surface area contributed by atoms with E-state index in [0.29, 0.717) is 38.2 Å². The molecule has 1 fully saturated rings. The van der Waals surface area contributed by atoms with E-state index in [4.69, 9.17) is 15.2 Å². The molecule has 1 aromatic heterocycles. The van der Waals surface area contributed by atoms with Gasteiger partial charge in [0, 0.05) is 24.8 Å². The Balaban J connectivity index is 2.00. The number of nitrogens with zero attached hydrogens (tertiary/aromatic N) is 3. The number of pyridine rings is 1. The van der Waals surface area contributed by atoms with Crippen molar-refractivity contribution in [1.82, 2.24) is 9.88 Å². The molecular weight excluding hydrogens is 244 g/mol. The lowest BCUT2D eigenvalue weighted by Crippen LogP contribution is -2.44. The summed E-state index contributed by atoms with van der Waals surface area (Å²) in [5.74, 6) is 1.18. The topological polar surface area (TPSA) is 73.0 Å². The fourth-order valence-electron chi connectivity index (χ4n) is 1.87. The number of guanidine groups is 1. The molecule has 6 heteroatoms. The SMILES string of the molecule is CCOc1ncccc1CN=C(N)N1CCOCC1. The second-order valence-corrected chi connectivity index (χ2v) is 4.17. The van der Waals surface area contributed by atoms with Crippen LogP contribution in [0.15, 0.2) is 23.3 Å². The molecule has 0 aliphatic carbocycles. The van der Waals surface area contributed by atoms with Gasteiger partial charge in [-0.15, -0.1) is 0 Å². The molecular formula is C13H20N4O2. The minimum atomic E-state index is 0.479. The summed E-state index contributed by atoms with van der Waals surface area (Å²) in [5.41, 5.74) is 6.92. The van der Waals surface area contributed by atoms with Crippen LogP contribution in [0, 0.1) is 0 Å². The van der Waals surface area contributed by atoms with E-state index in [2.05, 4.69) is 9.98 Å². The standard InChI is InChI=1S/C13H20N4O2/c1-2-19-12-11(4-3-5-15-12)10-16-13(14)17-6-8-18-9-7-17/h3-5H,2,6-10H2,1H3,(H2,14,16). The molecule has 0 bridgehead atoms. The van der Waals surface area contributed by atoms with Crippen molar-refractivity contribution in [3.8, 4) is 5.88 Å². The minimum absolute atomic E-state index is 0.479. The first-order valence-electron chi connectivity index (χ1n) is 6.50. The zero-order valence-corrected chi connectivity index (χ0v) is 11.2. The summed E-state index contributed by atoms with van der Waals surface area (Å²) >= 11 is 0. The summed E-state index contributed by atoms with van der Waals surface area (Å²) < 4.78 is 10.7. The number of aliphatic imine (C=N–C) groups is 1. The molecule has 2 N–H and O–H groups in total. The van der Waals surface area contributed by atoms with Crippen molar-refractivity contribution in [2.75, 3.05) is 32.9 Å². The smallest absolute Gasteiger partial charge is 0.218 e. The first kappa shape index (κ1) is 13.6. The van der Waals surface area contributed by atoms with Crippen molar-refractivity contribution < 1.29 is 9.47 Å². The molecule has 0 radical (unpaired) electrons. The first-order chi connectivity index (χ1) is 9.31. The van der Waals surface area contributed by atoms with Gasteiger partial charge in [-0.3, -0.25) is 0 Å². The van der Waals surface area contributed by atoms with E-state index in [0.717, 1.165) is 18.7 Å². The molecule has 0 aromatic carbocycles. The number of rotatable bonds is 4. The van der Waals surface area contributed by atoms with Crippen LogP contribution < -0.4 is 10.5 Å². The van der Waals surface area contributed by atoms with Crippen molar-refractivity contribution in [3.63, 3.8) is 0 Å². The summed E-state index contributed by atoms with van der Waals surface area (Å²) in [4.78, 5) is 10.6. The van der Waals surface area contributed by atoms with Crippen LogP contribution in [0.25, 0.3) is 0 Å². The zero-order valence-electron chi connectivity index (χ0n) is 11.2. The van der Waals surface area contributed by atoms with Gasteiger partial charge in [0.25, 0.3) is 0 Å². The third-order valence-electron chi connectivity index (χ3n) is 2.88. The molecule has 104 valence electrons. The number of ether oxygens (including phenoxy) is 2. The average molecular weight is 264 g/mol. The van der Waals surface area contributed by atoms with Crippen molar-refractivity contribution >= 4 is 5.96 Å². The molecule has 2 rings (SSSR count). The Kier molecular flexibility index (Phi) is 4.97. The van der Waals surface area contributed by atoms with Gasteiger partial charge in [-0.25, -0.2) is 9.98 Å². The van der Waals surface area contributed by atoms with Gasteiger partial charge in [0.2, 0.25) is 5.88 Å². The molecule has 1 aliphatic heterocycles. The summed E-state index contributed by atoms with van der Waals surface area (Å²) in [6, 6.07) is 3.83. The second kappa shape index (κ2) is 6.94. The van der Waals surface area contributed by atoms with E-state index in [1.165, 1.54) is 0 Å². The minimum Gasteiger partial charge on any atom is -0.478 e. The molecule has 6 nitrogen and oxygen atoms in total. The highest BCUT2D eigenvalue weighted by Crippen LogP contribution is 2.15. The van der Waals surface area contributed by atoms with Crippen molar-refractivity contribution in [3.05, 3.63) is 23.9 Å². The maximum atomic E-state index is 5.98. The molecule has 2 heterocycles. The lowest BCUT2D eigenvalue weighted by atomic mass is 10.3. The van der Waals surface area contributed by atoms with Crippen molar-refractivity contribution in [1.29, 1.82) is 0 Å². The lowest BCUT2D eigenvalue weighted by Gasteiger charge is -2.27. The summed E-state index contributed by atoms with van der Waals surface area (Å²) in [7, 11) is 0. The normalized spacial score (nSPS) is 16.5. The highest BCUT2D eigenvalue weighted by molar-refractivity contribution is 5.78. The first-order valence-corrected chi connectivity index (χ1v) is 6.50. The highest BCUT2D eigenvalue weighted by atomic mass is 16.5. The molecule has 0 saturated carbocycles. The second-order valence-electron chi connectivity index (χ2n) is 4.17. The Morgan fingerprint density at radius 2 is 2.32 bits per heavy atom. The summed E-state index contributed by atoms with van der Waals surface area (Å²) in [6.45, 7) is 5.99. The van der Waals surface area contributed by atoms with Gasteiger partial charge in [0.1, 0.15) is 0 Å². The monoisotopic (exact) mass is 264 g/mol. The zero-order chi connectivity index (χ0) is 13.5. The molecule has 1 aliphatic rings. The Labute approximate surface area is 113 Å². The van der Waals surface area contributed by atoms with Crippen molar-refractivity contribution in [2.24, 2.45) is 10.7 Å². The van der Waals surface area contributed by atoms with Gasteiger partial charge in [-0.2, -0.15) is 0 Å². The van der Waals surface area contributed by atoms with Crippen LogP contribution in [0.1, 0.15) is 12.5 Å². The fraction of sp³-hybridized carbons (Fsp3) is 0.538. The van der Waals surface area contributed by atoms with Gasteiger partial charge in [0.05, 0.1) is 26.4 Å². The molecule has 19 heavy (non-hydrogen) atoms. The van der Waals surface area contributed by atoms with Crippen LogP contribution in [0.5, 0.6) is 5.88 Å². The summed E-state index contributed by atoms with van der Waals surface area (Å²) in [6.07, 6.45) is 1.71. The fourth-order valence-corrected chi connectivity index (χ4v) is 1.87. The molecule has 0 unspecified atom stereocenters. The van der Waals surface area contributed by atoms with E-state index in [9.17, 15) is 0 Å². The third-order valence-corrected chi connectivity index (χ3v) is 2.88. The number of hydrogen-bond acceptors (Lipinski definition) is 4. The van der Waals surface area contributed by atoms with Gasteiger partial charge in [0.15, 0.2) is 5.96 Å². The predicted molar refractivity (Wildman–Crippen MR) is 73.1 cm³/mol. The van der Waals surface area contributed by atoms with Crippen LogP contribution in [0.3, 0.4) is 0 Å².